The van der Waals surface area contributed by atoms with Crippen LogP contribution < -0.4 is 0 Å². The van der Waals surface area contributed by atoms with Crippen molar-refractivity contribution in [2.45, 2.75) is 125 Å². The molecule has 0 radical (unpaired) electrons. The minimum atomic E-state index is 0.214. The first-order valence-electron chi connectivity index (χ1n) is 12.6. The predicted molar refractivity (Wildman–Crippen MR) is 127 cm³/mol. The number of hydrogen-bond donors (Lipinski definition) is 0. The summed E-state index contributed by atoms with van der Waals surface area (Å²) in [6, 6.07) is 0. The van der Waals surface area contributed by atoms with E-state index in [0.717, 1.165) is 50.4 Å². The topological polar surface area (TPSA) is 26.3 Å². The maximum absolute atomic E-state index is 13.1. The number of carbonyl (C=O) groups is 1. The van der Waals surface area contributed by atoms with Crippen LogP contribution in [0.4, 0.5) is 0 Å². The molecule has 0 amide bonds. The Kier molecular flexibility index (Phi) is 8.60. The van der Waals surface area contributed by atoms with Crippen molar-refractivity contribution in [3.8, 4) is 0 Å². The summed E-state index contributed by atoms with van der Waals surface area (Å²) in [4.78, 5) is 14.0. The zero-order valence-electron chi connectivity index (χ0n) is 18.0. The molecule has 4 aliphatic rings. The third-order valence-corrected chi connectivity index (χ3v) is 10.5. The van der Waals surface area contributed by atoms with Gasteiger partial charge in [0.2, 0.25) is 0 Å². The number of ketones is 1. The highest BCUT2D eigenvalue weighted by Crippen LogP contribution is 2.41. The molecular formula is C25H40Br2O2. The van der Waals surface area contributed by atoms with Crippen LogP contribution in [0.25, 0.3) is 0 Å². The number of halogens is 2. The van der Waals surface area contributed by atoms with Gasteiger partial charge in [0.05, 0.1) is 12.2 Å². The molecule has 0 aliphatic heterocycles. The van der Waals surface area contributed by atoms with Crippen molar-refractivity contribution in [3.05, 3.63) is 0 Å². The van der Waals surface area contributed by atoms with Gasteiger partial charge in [0.25, 0.3) is 0 Å². The Hall–Kier alpha value is 0.590. The van der Waals surface area contributed by atoms with Gasteiger partial charge in [0.15, 0.2) is 0 Å². The molecule has 4 saturated carbocycles. The van der Waals surface area contributed by atoms with E-state index in [9.17, 15) is 4.79 Å². The van der Waals surface area contributed by atoms with Crippen molar-refractivity contribution >= 4 is 37.6 Å². The first-order chi connectivity index (χ1) is 14.1. The molecule has 166 valence electrons. The fourth-order valence-electron chi connectivity index (χ4n) is 6.74. The molecule has 0 bridgehead atoms. The van der Waals surface area contributed by atoms with Gasteiger partial charge in [-0.15, -0.1) is 0 Å². The van der Waals surface area contributed by atoms with Crippen molar-refractivity contribution in [2.75, 3.05) is 0 Å². The summed E-state index contributed by atoms with van der Waals surface area (Å²) in [5.74, 6) is 3.02. The van der Waals surface area contributed by atoms with Crippen molar-refractivity contribution < 1.29 is 9.53 Å². The van der Waals surface area contributed by atoms with Gasteiger partial charge in [-0.25, -0.2) is 0 Å². The van der Waals surface area contributed by atoms with E-state index in [1.54, 1.807) is 0 Å². The predicted octanol–water partition coefficient (Wildman–Crippen LogP) is 7.60. The van der Waals surface area contributed by atoms with Gasteiger partial charge < -0.3 is 4.74 Å². The van der Waals surface area contributed by atoms with Gasteiger partial charge in [-0.3, -0.25) is 4.79 Å². The lowest BCUT2D eigenvalue weighted by Crippen LogP contribution is -2.38. The molecule has 0 N–H and O–H groups in total. The molecule has 0 aromatic rings. The minimum Gasteiger partial charge on any atom is -0.375 e. The zero-order chi connectivity index (χ0) is 20.2. The maximum Gasteiger partial charge on any atom is 0.140 e. The second-order valence-corrected chi connectivity index (χ2v) is 13.0. The van der Waals surface area contributed by atoms with E-state index in [2.05, 4.69) is 31.9 Å². The lowest BCUT2D eigenvalue weighted by molar-refractivity contribution is -0.130. The van der Waals surface area contributed by atoms with Gasteiger partial charge >= 0.3 is 0 Å². The van der Waals surface area contributed by atoms with Crippen LogP contribution in [0, 0.1) is 23.7 Å². The monoisotopic (exact) mass is 530 g/mol. The maximum atomic E-state index is 13.1. The van der Waals surface area contributed by atoms with Crippen molar-refractivity contribution in [3.63, 3.8) is 0 Å². The molecule has 4 aliphatic carbocycles. The Morgan fingerprint density at radius 3 is 1.90 bits per heavy atom. The fraction of sp³-hybridized carbons (Fsp3) is 0.960. The number of rotatable bonds is 5. The molecule has 2 nitrogen and oxygen atoms in total. The summed E-state index contributed by atoms with van der Waals surface area (Å²) in [5.41, 5.74) is 0. The standard InChI is InChI=1S/C25H40Br2O2/c26-20-10-15-24(27)23(16-20)25(28)19-8-13-22(14-9-19)29-21-11-6-18(7-12-21)17-4-2-1-3-5-17/h17-24H,1-16H2. The highest BCUT2D eigenvalue weighted by Gasteiger charge is 2.38. The molecule has 0 spiro atoms. The Morgan fingerprint density at radius 1 is 0.655 bits per heavy atom. The molecule has 29 heavy (non-hydrogen) atoms. The number of Topliss-reactive ketones (excluding diaryl/α,β-unsaturated/α-hetero) is 1. The quantitative estimate of drug-likeness (QED) is 0.341. The Balaban J connectivity index is 1.17. The van der Waals surface area contributed by atoms with Gasteiger partial charge in [-0.05, 0) is 82.5 Å². The minimum absolute atomic E-state index is 0.214. The van der Waals surface area contributed by atoms with E-state index in [1.165, 1.54) is 64.2 Å². The molecule has 4 rings (SSSR count). The SMILES string of the molecule is O=C(C1CCC(OC2CCC(C3CCCCC3)CC2)CC1)C1CC(Br)CCC1Br. The normalized spacial score (nSPS) is 42.5. The molecule has 3 unspecified atom stereocenters. The summed E-state index contributed by atoms with van der Waals surface area (Å²) in [7, 11) is 0. The second-order valence-electron chi connectivity index (χ2n) is 10.5. The zero-order valence-corrected chi connectivity index (χ0v) is 21.2. The lowest BCUT2D eigenvalue weighted by Gasteiger charge is -2.38. The number of carbonyl (C=O) groups excluding carboxylic acids is 1. The van der Waals surface area contributed by atoms with Crippen LogP contribution in [-0.2, 0) is 9.53 Å². The van der Waals surface area contributed by atoms with E-state index in [-0.39, 0.29) is 11.8 Å². The Bertz CT molecular complexity index is 517. The van der Waals surface area contributed by atoms with E-state index >= 15 is 0 Å². The third-order valence-electron chi connectivity index (χ3n) is 8.56. The Labute approximate surface area is 194 Å². The number of ether oxygens (including phenoxy) is 1. The summed E-state index contributed by atoms with van der Waals surface area (Å²) in [6.07, 6.45) is 21.2. The third kappa shape index (κ3) is 6.09. The smallest absolute Gasteiger partial charge is 0.140 e. The number of alkyl halides is 2. The summed E-state index contributed by atoms with van der Waals surface area (Å²) >= 11 is 7.54. The molecule has 0 heterocycles. The van der Waals surface area contributed by atoms with Crippen LogP contribution in [0.15, 0.2) is 0 Å². The highest BCUT2D eigenvalue weighted by atomic mass is 79.9. The van der Waals surface area contributed by atoms with Crippen molar-refractivity contribution in [2.24, 2.45) is 23.7 Å². The van der Waals surface area contributed by atoms with Gasteiger partial charge in [0.1, 0.15) is 5.78 Å². The molecule has 0 saturated heterocycles. The largest absolute Gasteiger partial charge is 0.375 e. The average molecular weight is 532 g/mol. The molecule has 0 aromatic heterocycles. The van der Waals surface area contributed by atoms with Crippen LogP contribution in [0.3, 0.4) is 0 Å². The first-order valence-corrected chi connectivity index (χ1v) is 14.4. The molecule has 3 atom stereocenters. The van der Waals surface area contributed by atoms with E-state index in [4.69, 9.17) is 4.74 Å². The second kappa shape index (κ2) is 10.9. The molecule has 4 heteroatoms. The van der Waals surface area contributed by atoms with Gasteiger partial charge in [0, 0.05) is 21.5 Å². The van der Waals surface area contributed by atoms with Gasteiger partial charge in [-0.1, -0.05) is 64.0 Å². The highest BCUT2D eigenvalue weighted by molar-refractivity contribution is 9.10. The molecule has 4 fully saturated rings. The van der Waals surface area contributed by atoms with Crippen LogP contribution in [0.1, 0.15) is 103 Å². The van der Waals surface area contributed by atoms with E-state index in [1.807, 2.05) is 0 Å². The number of hydrogen-bond acceptors (Lipinski definition) is 2. The summed E-state index contributed by atoms with van der Waals surface area (Å²) in [5, 5.41) is 0. The van der Waals surface area contributed by atoms with Crippen molar-refractivity contribution in [1.82, 2.24) is 0 Å². The summed E-state index contributed by atoms with van der Waals surface area (Å²) in [6.45, 7) is 0. The van der Waals surface area contributed by atoms with Crippen molar-refractivity contribution in [1.29, 1.82) is 0 Å². The van der Waals surface area contributed by atoms with E-state index < -0.39 is 0 Å². The van der Waals surface area contributed by atoms with Crippen LogP contribution in [0.5, 0.6) is 0 Å². The van der Waals surface area contributed by atoms with Gasteiger partial charge in [-0.2, -0.15) is 0 Å². The molecule has 0 aromatic carbocycles. The van der Waals surface area contributed by atoms with E-state index in [0.29, 0.717) is 27.6 Å². The first kappa shape index (κ1) is 22.8. The molecular weight excluding hydrogens is 492 g/mol. The summed E-state index contributed by atoms with van der Waals surface area (Å²) < 4.78 is 6.55. The van der Waals surface area contributed by atoms with Crippen LogP contribution in [0.2, 0.25) is 0 Å². The van der Waals surface area contributed by atoms with Crippen LogP contribution >= 0.6 is 31.9 Å². The Morgan fingerprint density at radius 2 is 1.24 bits per heavy atom. The van der Waals surface area contributed by atoms with Crippen LogP contribution in [-0.4, -0.2) is 27.6 Å². The lowest BCUT2D eigenvalue weighted by atomic mass is 9.73. The average Bonchev–Trinajstić information content (AvgIpc) is 2.77. The fourth-order valence-corrected chi connectivity index (χ4v) is 8.14.